The van der Waals surface area contributed by atoms with Gasteiger partial charge in [0.1, 0.15) is 0 Å². The lowest BCUT2D eigenvalue weighted by molar-refractivity contribution is -0.164. The molecule has 0 unspecified atom stereocenters. The van der Waals surface area contributed by atoms with E-state index in [1.807, 2.05) is 0 Å². The quantitative estimate of drug-likeness (QED) is 0.649. The summed E-state index contributed by atoms with van der Waals surface area (Å²) in [5.41, 5.74) is -0.700. The minimum atomic E-state index is -0.700. The number of carbonyl (C=O) groups excluding carboxylic acids is 1. The van der Waals surface area contributed by atoms with Crippen LogP contribution in [0.5, 0.6) is 0 Å². The van der Waals surface area contributed by atoms with Crippen molar-refractivity contribution in [1.29, 1.82) is 0 Å². The summed E-state index contributed by atoms with van der Waals surface area (Å²) in [4.78, 5) is 11.5. The van der Waals surface area contributed by atoms with Crippen molar-refractivity contribution in [3.05, 3.63) is 0 Å². The van der Waals surface area contributed by atoms with Crippen LogP contribution in [-0.4, -0.2) is 37.5 Å². The Kier molecular flexibility index (Phi) is 3.69. The maximum absolute atomic E-state index is 11.5. The first-order chi connectivity index (χ1) is 6.25. The van der Waals surface area contributed by atoms with Crippen molar-refractivity contribution in [3.63, 3.8) is 0 Å². The van der Waals surface area contributed by atoms with Gasteiger partial charge < -0.3 is 14.6 Å². The molecule has 1 rings (SSSR count). The Labute approximate surface area is 77.8 Å². The van der Waals surface area contributed by atoms with Gasteiger partial charge in [-0.25, -0.2) is 0 Å². The van der Waals surface area contributed by atoms with E-state index in [1.54, 1.807) is 6.92 Å². The minimum absolute atomic E-state index is 0.144. The fraction of sp³-hybridized carbons (Fsp3) is 0.889. The number of esters is 1. The average molecular weight is 188 g/mol. The van der Waals surface area contributed by atoms with Crippen LogP contribution in [-0.2, 0) is 14.3 Å². The maximum Gasteiger partial charge on any atom is 0.314 e. The normalized spacial score (nSPS) is 21.1. The van der Waals surface area contributed by atoms with Gasteiger partial charge in [0.15, 0.2) is 0 Å². The Hall–Kier alpha value is -0.610. The molecule has 1 N–H and O–H groups in total. The van der Waals surface area contributed by atoms with Gasteiger partial charge in [0.25, 0.3) is 0 Å². The highest BCUT2D eigenvalue weighted by Gasteiger charge is 2.40. The molecule has 4 nitrogen and oxygen atoms in total. The van der Waals surface area contributed by atoms with E-state index in [-0.39, 0.29) is 12.6 Å². The topological polar surface area (TPSA) is 55.8 Å². The number of rotatable bonds is 3. The van der Waals surface area contributed by atoms with E-state index in [1.165, 1.54) is 0 Å². The van der Waals surface area contributed by atoms with E-state index in [4.69, 9.17) is 9.47 Å². The van der Waals surface area contributed by atoms with Crippen LogP contribution in [0.15, 0.2) is 0 Å². The SMILES string of the molecule is CCOC(=O)C1(CO)CCOCC1. The number of ether oxygens (including phenoxy) is 2. The molecular formula is C9H16O4. The van der Waals surface area contributed by atoms with Gasteiger partial charge in [0.05, 0.1) is 18.6 Å². The van der Waals surface area contributed by atoms with Crippen molar-refractivity contribution < 1.29 is 19.4 Å². The second-order valence-electron chi connectivity index (χ2n) is 3.27. The van der Waals surface area contributed by atoms with Crippen molar-refractivity contribution in [3.8, 4) is 0 Å². The van der Waals surface area contributed by atoms with Gasteiger partial charge in [-0.05, 0) is 19.8 Å². The molecule has 1 saturated heterocycles. The van der Waals surface area contributed by atoms with E-state index < -0.39 is 5.41 Å². The molecule has 1 fully saturated rings. The second-order valence-corrected chi connectivity index (χ2v) is 3.27. The van der Waals surface area contributed by atoms with Crippen molar-refractivity contribution in [2.45, 2.75) is 19.8 Å². The summed E-state index contributed by atoms with van der Waals surface area (Å²) in [7, 11) is 0. The zero-order valence-electron chi connectivity index (χ0n) is 7.91. The number of hydrogen-bond donors (Lipinski definition) is 1. The minimum Gasteiger partial charge on any atom is -0.465 e. The van der Waals surface area contributed by atoms with Crippen molar-refractivity contribution in [2.24, 2.45) is 5.41 Å². The molecule has 0 aromatic heterocycles. The average Bonchev–Trinajstić information content (AvgIpc) is 2.19. The van der Waals surface area contributed by atoms with E-state index >= 15 is 0 Å². The molecule has 0 aromatic rings. The van der Waals surface area contributed by atoms with E-state index in [0.717, 1.165) is 0 Å². The van der Waals surface area contributed by atoms with Crippen molar-refractivity contribution in [2.75, 3.05) is 26.4 Å². The summed E-state index contributed by atoms with van der Waals surface area (Å²) in [6.07, 6.45) is 1.12. The number of hydrogen-bond acceptors (Lipinski definition) is 4. The molecular weight excluding hydrogens is 172 g/mol. The van der Waals surface area contributed by atoms with Gasteiger partial charge in [0, 0.05) is 13.2 Å². The molecule has 0 aromatic carbocycles. The molecule has 13 heavy (non-hydrogen) atoms. The van der Waals surface area contributed by atoms with Crippen LogP contribution in [0.4, 0.5) is 0 Å². The predicted molar refractivity (Wildman–Crippen MR) is 46.2 cm³/mol. The van der Waals surface area contributed by atoms with Crippen LogP contribution in [0.2, 0.25) is 0 Å². The van der Waals surface area contributed by atoms with Gasteiger partial charge in [-0.1, -0.05) is 0 Å². The Morgan fingerprint density at radius 2 is 2.15 bits per heavy atom. The number of aliphatic hydroxyl groups is 1. The van der Waals surface area contributed by atoms with E-state index in [9.17, 15) is 9.90 Å². The standard InChI is InChI=1S/C9H16O4/c1-2-13-8(11)9(7-10)3-5-12-6-4-9/h10H,2-7H2,1H3. The van der Waals surface area contributed by atoms with Crippen LogP contribution in [0.25, 0.3) is 0 Å². The van der Waals surface area contributed by atoms with Crippen LogP contribution in [0.3, 0.4) is 0 Å². The molecule has 1 aliphatic heterocycles. The fourth-order valence-electron chi connectivity index (χ4n) is 1.47. The second kappa shape index (κ2) is 4.58. The molecule has 1 heterocycles. The van der Waals surface area contributed by atoms with Gasteiger partial charge in [-0.15, -0.1) is 0 Å². The summed E-state index contributed by atoms with van der Waals surface area (Å²) in [6.45, 7) is 3.04. The molecule has 0 radical (unpaired) electrons. The third-order valence-corrected chi connectivity index (χ3v) is 2.46. The van der Waals surface area contributed by atoms with Crippen molar-refractivity contribution >= 4 is 5.97 Å². The molecule has 0 spiro atoms. The predicted octanol–water partition coefficient (Wildman–Crippen LogP) is 0.339. The summed E-state index contributed by atoms with van der Waals surface area (Å²) in [5, 5.41) is 9.18. The molecule has 0 amide bonds. The van der Waals surface area contributed by atoms with Gasteiger partial charge in [-0.2, -0.15) is 0 Å². The highest BCUT2D eigenvalue weighted by molar-refractivity contribution is 5.77. The molecule has 76 valence electrons. The summed E-state index contributed by atoms with van der Waals surface area (Å²) in [6, 6.07) is 0. The smallest absolute Gasteiger partial charge is 0.314 e. The van der Waals surface area contributed by atoms with Gasteiger partial charge in [0.2, 0.25) is 0 Å². The lowest BCUT2D eigenvalue weighted by atomic mass is 9.81. The summed E-state index contributed by atoms with van der Waals surface area (Å²) < 4.78 is 10.1. The fourth-order valence-corrected chi connectivity index (χ4v) is 1.47. The zero-order valence-corrected chi connectivity index (χ0v) is 7.91. The van der Waals surface area contributed by atoms with E-state index in [2.05, 4.69) is 0 Å². The molecule has 1 aliphatic rings. The number of carbonyl (C=O) groups is 1. The highest BCUT2D eigenvalue weighted by atomic mass is 16.5. The van der Waals surface area contributed by atoms with Crippen LogP contribution >= 0.6 is 0 Å². The Morgan fingerprint density at radius 3 is 2.62 bits per heavy atom. The van der Waals surface area contributed by atoms with Gasteiger partial charge in [-0.3, -0.25) is 4.79 Å². The van der Waals surface area contributed by atoms with Crippen LogP contribution in [0.1, 0.15) is 19.8 Å². The largest absolute Gasteiger partial charge is 0.465 e. The Bertz CT molecular complexity index is 172. The molecule has 0 bridgehead atoms. The zero-order chi connectivity index (χ0) is 9.73. The monoisotopic (exact) mass is 188 g/mol. The molecule has 4 heteroatoms. The molecule has 0 atom stereocenters. The third-order valence-electron chi connectivity index (χ3n) is 2.46. The lowest BCUT2D eigenvalue weighted by Crippen LogP contribution is -2.41. The lowest BCUT2D eigenvalue weighted by Gasteiger charge is -2.32. The number of aliphatic hydroxyl groups excluding tert-OH is 1. The summed E-state index contributed by atoms with van der Waals surface area (Å²) >= 11 is 0. The van der Waals surface area contributed by atoms with E-state index in [0.29, 0.717) is 32.7 Å². The van der Waals surface area contributed by atoms with Crippen LogP contribution in [0, 0.1) is 5.41 Å². The highest BCUT2D eigenvalue weighted by Crippen LogP contribution is 2.31. The Morgan fingerprint density at radius 1 is 1.54 bits per heavy atom. The first-order valence-electron chi connectivity index (χ1n) is 4.61. The Balaban J connectivity index is 2.61. The first-order valence-corrected chi connectivity index (χ1v) is 4.61. The van der Waals surface area contributed by atoms with Gasteiger partial charge >= 0.3 is 5.97 Å². The third kappa shape index (κ3) is 2.19. The van der Waals surface area contributed by atoms with Crippen molar-refractivity contribution in [1.82, 2.24) is 0 Å². The summed E-state index contributed by atoms with van der Waals surface area (Å²) in [5.74, 6) is -0.291. The molecule has 0 saturated carbocycles. The van der Waals surface area contributed by atoms with Crippen LogP contribution < -0.4 is 0 Å². The first kappa shape index (κ1) is 10.5. The maximum atomic E-state index is 11.5. The molecule has 0 aliphatic carbocycles.